The summed E-state index contributed by atoms with van der Waals surface area (Å²) in [6, 6.07) is 0.732. The topological polar surface area (TPSA) is 49.6 Å². The minimum absolute atomic E-state index is 0.108. The van der Waals surface area contributed by atoms with E-state index in [1.807, 2.05) is 18.7 Å². The Morgan fingerprint density at radius 3 is 2.00 bits per heavy atom. The van der Waals surface area contributed by atoms with Crippen LogP contribution >= 0.6 is 12.2 Å². The number of rotatable bonds is 4. The molecule has 0 bridgehead atoms. The molecule has 1 amide bonds. The molecular formula is C14H27N3OS. The van der Waals surface area contributed by atoms with Gasteiger partial charge in [-0.1, -0.05) is 26.1 Å². The van der Waals surface area contributed by atoms with Gasteiger partial charge in [-0.3, -0.25) is 9.69 Å². The van der Waals surface area contributed by atoms with Crippen molar-refractivity contribution in [1.82, 2.24) is 9.80 Å². The van der Waals surface area contributed by atoms with Gasteiger partial charge in [-0.25, -0.2) is 0 Å². The molecule has 1 fully saturated rings. The van der Waals surface area contributed by atoms with E-state index in [2.05, 4.69) is 25.8 Å². The molecule has 2 N–H and O–H groups in total. The summed E-state index contributed by atoms with van der Waals surface area (Å²) in [4.78, 5) is 17.5. The molecule has 0 radical (unpaired) electrons. The maximum atomic E-state index is 12.9. The second-order valence-electron chi connectivity index (χ2n) is 5.73. The molecule has 1 aliphatic rings. The Bertz CT molecular complexity index is 343. The van der Waals surface area contributed by atoms with Gasteiger partial charge >= 0.3 is 0 Å². The van der Waals surface area contributed by atoms with Crippen molar-refractivity contribution in [3.8, 4) is 0 Å². The third-order valence-electron chi connectivity index (χ3n) is 4.74. The Kier molecular flexibility index (Phi) is 5.33. The lowest BCUT2D eigenvalue weighted by atomic mass is 9.80. The number of nitrogens with two attached hydrogens (primary N) is 1. The summed E-state index contributed by atoms with van der Waals surface area (Å²) in [7, 11) is 2.11. The minimum atomic E-state index is -0.662. The number of likely N-dealkylation sites (N-methyl/N-ethyl adjacent to an activating group) is 1. The number of amides is 1. The highest BCUT2D eigenvalue weighted by atomic mass is 32.1. The van der Waals surface area contributed by atoms with E-state index in [4.69, 9.17) is 18.0 Å². The van der Waals surface area contributed by atoms with Gasteiger partial charge in [0.1, 0.15) is 0 Å². The number of carbonyl (C=O) groups is 1. The van der Waals surface area contributed by atoms with Gasteiger partial charge in [-0.15, -0.1) is 0 Å². The second-order valence-corrected chi connectivity index (χ2v) is 6.17. The molecule has 19 heavy (non-hydrogen) atoms. The van der Waals surface area contributed by atoms with Gasteiger partial charge in [0.2, 0.25) is 5.91 Å². The molecule has 0 saturated carbocycles. The van der Waals surface area contributed by atoms with Crippen LogP contribution in [0.15, 0.2) is 0 Å². The van der Waals surface area contributed by atoms with Crippen LogP contribution in [-0.4, -0.2) is 52.9 Å². The first-order valence-electron chi connectivity index (χ1n) is 7.11. The molecule has 1 aliphatic heterocycles. The van der Waals surface area contributed by atoms with Crippen molar-refractivity contribution in [2.45, 2.75) is 52.6 Å². The summed E-state index contributed by atoms with van der Waals surface area (Å²) in [5, 5.41) is 0. The summed E-state index contributed by atoms with van der Waals surface area (Å²) in [5.41, 5.74) is 5.21. The van der Waals surface area contributed by atoms with Crippen molar-refractivity contribution in [3.05, 3.63) is 0 Å². The zero-order chi connectivity index (χ0) is 14.8. The highest BCUT2D eigenvalue weighted by Gasteiger charge is 2.43. The molecule has 0 aromatic rings. The maximum Gasteiger partial charge on any atom is 0.235 e. The van der Waals surface area contributed by atoms with E-state index in [0.29, 0.717) is 29.9 Å². The van der Waals surface area contributed by atoms with Crippen LogP contribution in [0.25, 0.3) is 0 Å². The molecule has 5 heteroatoms. The molecular weight excluding hydrogens is 258 g/mol. The fourth-order valence-corrected chi connectivity index (χ4v) is 3.26. The smallest absolute Gasteiger partial charge is 0.235 e. The van der Waals surface area contributed by atoms with E-state index in [1.54, 1.807) is 0 Å². The van der Waals surface area contributed by atoms with Gasteiger partial charge in [0.25, 0.3) is 0 Å². The lowest BCUT2D eigenvalue weighted by molar-refractivity contribution is -0.142. The van der Waals surface area contributed by atoms with E-state index >= 15 is 0 Å². The zero-order valence-electron chi connectivity index (χ0n) is 12.8. The molecule has 0 aromatic heterocycles. The summed E-state index contributed by atoms with van der Waals surface area (Å²) in [5.74, 6) is 0.108. The summed E-state index contributed by atoms with van der Waals surface area (Å²) >= 11 is 5.17. The molecule has 2 atom stereocenters. The summed E-state index contributed by atoms with van der Waals surface area (Å²) in [6.45, 7) is 9.79. The molecule has 0 aromatic carbocycles. The van der Waals surface area contributed by atoms with Crippen molar-refractivity contribution in [1.29, 1.82) is 0 Å². The Labute approximate surface area is 122 Å². The van der Waals surface area contributed by atoms with Gasteiger partial charge in [0.15, 0.2) is 0 Å². The minimum Gasteiger partial charge on any atom is -0.392 e. The van der Waals surface area contributed by atoms with Crippen LogP contribution in [-0.2, 0) is 4.79 Å². The van der Waals surface area contributed by atoms with E-state index in [0.717, 1.165) is 13.1 Å². The van der Waals surface area contributed by atoms with E-state index < -0.39 is 5.41 Å². The Morgan fingerprint density at radius 1 is 1.26 bits per heavy atom. The van der Waals surface area contributed by atoms with Crippen LogP contribution in [0.5, 0.6) is 0 Å². The van der Waals surface area contributed by atoms with Crippen LogP contribution in [0.4, 0.5) is 0 Å². The molecule has 0 aliphatic carbocycles. The normalized spacial score (nSPS) is 25.4. The van der Waals surface area contributed by atoms with Gasteiger partial charge in [0, 0.05) is 25.2 Å². The van der Waals surface area contributed by atoms with E-state index in [1.165, 1.54) is 0 Å². The van der Waals surface area contributed by atoms with Crippen LogP contribution in [0, 0.1) is 5.41 Å². The third-order valence-corrected chi connectivity index (χ3v) is 5.13. The molecule has 2 unspecified atom stereocenters. The standard InChI is InChI=1S/C14H27N3OS/c1-6-14(7-2,12(15)19)13(18)17-8-10(3)16(5)11(4)9-17/h10-11H,6-9H2,1-5H3,(H2,15,19). The SMILES string of the molecule is CCC(CC)(C(=O)N1CC(C)N(C)C(C)C1)C(N)=S. The van der Waals surface area contributed by atoms with Crippen LogP contribution in [0.3, 0.4) is 0 Å². The fraction of sp³-hybridized carbons (Fsp3) is 0.857. The highest BCUT2D eigenvalue weighted by Crippen LogP contribution is 2.31. The first kappa shape index (κ1) is 16.4. The Balaban J connectivity index is 2.96. The number of thiocarbonyl (C=S) groups is 1. The number of nitrogens with zero attached hydrogens (tertiary/aromatic N) is 2. The molecule has 0 spiro atoms. The summed E-state index contributed by atoms with van der Waals surface area (Å²) < 4.78 is 0. The van der Waals surface area contributed by atoms with Gasteiger partial charge < -0.3 is 10.6 Å². The fourth-order valence-electron chi connectivity index (χ4n) is 2.88. The van der Waals surface area contributed by atoms with Crippen molar-refractivity contribution >= 4 is 23.1 Å². The quantitative estimate of drug-likeness (QED) is 0.798. The van der Waals surface area contributed by atoms with Gasteiger partial charge in [-0.05, 0) is 33.7 Å². The molecule has 4 nitrogen and oxygen atoms in total. The molecule has 1 rings (SSSR count). The zero-order valence-corrected chi connectivity index (χ0v) is 13.6. The summed E-state index contributed by atoms with van der Waals surface area (Å²) in [6.07, 6.45) is 1.35. The Hall–Kier alpha value is -0.680. The van der Waals surface area contributed by atoms with Crippen molar-refractivity contribution in [2.75, 3.05) is 20.1 Å². The molecule has 1 saturated heterocycles. The lowest BCUT2D eigenvalue weighted by Crippen LogP contribution is -2.60. The van der Waals surface area contributed by atoms with Crippen molar-refractivity contribution in [2.24, 2.45) is 11.1 Å². The lowest BCUT2D eigenvalue weighted by Gasteiger charge is -2.45. The average Bonchev–Trinajstić information content (AvgIpc) is 2.36. The Morgan fingerprint density at radius 2 is 1.68 bits per heavy atom. The molecule has 110 valence electrons. The first-order chi connectivity index (χ1) is 8.80. The van der Waals surface area contributed by atoms with Gasteiger partial charge in [-0.2, -0.15) is 0 Å². The predicted octanol–water partition coefficient (Wildman–Crippen LogP) is 1.63. The largest absolute Gasteiger partial charge is 0.392 e. The third kappa shape index (κ3) is 2.92. The van der Waals surface area contributed by atoms with Crippen molar-refractivity contribution in [3.63, 3.8) is 0 Å². The van der Waals surface area contributed by atoms with E-state index in [9.17, 15) is 4.79 Å². The molecule has 1 heterocycles. The predicted molar refractivity (Wildman–Crippen MR) is 83.1 cm³/mol. The number of hydrogen-bond donors (Lipinski definition) is 1. The van der Waals surface area contributed by atoms with Crippen molar-refractivity contribution < 1.29 is 4.79 Å². The second kappa shape index (κ2) is 6.18. The number of piperazine rings is 1. The van der Waals surface area contributed by atoms with Crippen LogP contribution in [0.1, 0.15) is 40.5 Å². The first-order valence-corrected chi connectivity index (χ1v) is 7.52. The number of hydrogen-bond acceptors (Lipinski definition) is 3. The van der Waals surface area contributed by atoms with Crippen LogP contribution < -0.4 is 5.73 Å². The highest BCUT2D eigenvalue weighted by molar-refractivity contribution is 7.80. The van der Waals surface area contributed by atoms with Crippen LogP contribution in [0.2, 0.25) is 0 Å². The maximum absolute atomic E-state index is 12.9. The van der Waals surface area contributed by atoms with E-state index in [-0.39, 0.29) is 5.91 Å². The average molecular weight is 285 g/mol. The monoisotopic (exact) mass is 285 g/mol. The number of carbonyl (C=O) groups excluding carboxylic acids is 1. The van der Waals surface area contributed by atoms with Gasteiger partial charge in [0.05, 0.1) is 10.4 Å².